The van der Waals surface area contributed by atoms with Crippen LogP contribution in [0.2, 0.25) is 157 Å². The summed E-state index contributed by atoms with van der Waals surface area (Å²) in [4.78, 5) is 32.5. The number of nitrogens with zero attached hydrogens (tertiary/aromatic N) is 18. The van der Waals surface area contributed by atoms with E-state index in [9.17, 15) is 0 Å². The van der Waals surface area contributed by atoms with Crippen molar-refractivity contribution in [2.75, 3.05) is 103 Å². The molecule has 0 aromatic carbocycles. The average Bonchev–Trinajstić information content (AvgIpc) is 1.66. The Morgan fingerprint density at radius 1 is 0.252 bits per heavy atom. The normalized spacial score (nSPS) is 20.4. The minimum Gasteiger partial charge on any atom is -0.358 e. The van der Waals surface area contributed by atoms with Gasteiger partial charge >= 0.3 is 0 Å². The van der Waals surface area contributed by atoms with Crippen molar-refractivity contribution in [3.8, 4) is 0 Å². The van der Waals surface area contributed by atoms with Crippen LogP contribution in [-0.2, 0) is 28.4 Å². The molecule has 0 aromatic rings. The summed E-state index contributed by atoms with van der Waals surface area (Å²) in [6.07, 6.45) is 27.8. The van der Waals surface area contributed by atoms with Crippen molar-refractivity contribution in [1.29, 1.82) is 0 Å². The van der Waals surface area contributed by atoms with Gasteiger partial charge in [-0.05, 0) is 215 Å². The van der Waals surface area contributed by atoms with Gasteiger partial charge in [0.05, 0.1) is 33.6 Å². The zero-order valence-electron chi connectivity index (χ0n) is 101. The lowest BCUT2D eigenvalue weighted by atomic mass is 10.1. The van der Waals surface area contributed by atoms with E-state index in [0.717, 1.165) is 13.1 Å². The molecule has 0 radical (unpaired) electrons. The lowest BCUT2D eigenvalue weighted by Gasteiger charge is -2.49. The zero-order chi connectivity index (χ0) is 107. The first-order chi connectivity index (χ1) is 59.8. The maximum absolute atomic E-state index is 6.39. The maximum Gasteiger partial charge on any atom is 0.206 e. The Hall–Kier alpha value is -3.28. The van der Waals surface area contributed by atoms with Gasteiger partial charge in [0.25, 0.3) is 0 Å². The molecule has 0 N–H and O–H groups in total. The molecule has 135 heavy (non-hydrogen) atoms. The van der Waals surface area contributed by atoms with Crippen LogP contribution in [-0.4, -0.2) is 366 Å². The van der Waals surface area contributed by atoms with E-state index in [1.165, 1.54) is 37.6 Å². The van der Waals surface area contributed by atoms with Crippen molar-refractivity contribution in [3.05, 3.63) is 85.8 Å². The van der Waals surface area contributed by atoms with Gasteiger partial charge in [-0.25, -0.2) is 0 Å². The molecule has 7 heterocycles. The van der Waals surface area contributed by atoms with E-state index in [2.05, 4.69) is 548 Å². The molecule has 0 bridgehead atoms. The fourth-order valence-corrected chi connectivity index (χ4v) is 58.8. The fourth-order valence-electron chi connectivity index (χ4n) is 21.0. The summed E-state index contributed by atoms with van der Waals surface area (Å²) in [6, 6.07) is 1.50. The van der Waals surface area contributed by atoms with Crippen molar-refractivity contribution < 1.29 is 28.4 Å². The predicted octanol–water partition coefficient (Wildman–Crippen LogP) is 23.4. The highest BCUT2D eigenvalue weighted by Gasteiger charge is 2.53. The number of hydrogen-bond donors (Lipinski definition) is 0. The highest BCUT2D eigenvalue weighted by atomic mass is 28.4. The zero-order valence-corrected chi connectivity index (χ0v) is 109. The molecule has 5 atom stereocenters. The maximum atomic E-state index is 6.39. The lowest BCUT2D eigenvalue weighted by molar-refractivity contribution is -0.336. The highest BCUT2D eigenvalue weighted by molar-refractivity contribution is 6.91. The Kier molecular flexibility index (Phi) is 46.7. The third-order valence-electron chi connectivity index (χ3n) is 24.8. The molecule has 0 saturated heterocycles. The summed E-state index contributed by atoms with van der Waals surface area (Å²) < 4.78 is 49.5. The van der Waals surface area contributed by atoms with Gasteiger partial charge in [-0.3, -0.25) is 0 Å². The van der Waals surface area contributed by atoms with E-state index in [4.69, 9.17) is 28.4 Å². The van der Waals surface area contributed by atoms with Gasteiger partial charge in [0.1, 0.15) is 90.5 Å². The van der Waals surface area contributed by atoms with E-state index >= 15 is 0 Å². The van der Waals surface area contributed by atoms with E-state index in [-0.39, 0.29) is 52.1 Å². The first kappa shape index (κ1) is 130. The van der Waals surface area contributed by atoms with Gasteiger partial charge < -0.3 is 114 Å². The van der Waals surface area contributed by atoms with Crippen LogP contribution in [0.4, 0.5) is 0 Å². The molecule has 0 fully saturated rings. The molecule has 0 spiro atoms. The van der Waals surface area contributed by atoms with E-state index in [1.54, 1.807) is 0 Å². The molecule has 7 aliphatic heterocycles. The van der Waals surface area contributed by atoms with Crippen molar-refractivity contribution in [2.24, 2.45) is 0 Å². The van der Waals surface area contributed by atoms with Crippen molar-refractivity contribution in [3.63, 3.8) is 0 Å². The van der Waals surface area contributed by atoms with Gasteiger partial charge in [-0.15, -0.1) is 0 Å². The first-order valence-electron chi connectivity index (χ1n) is 51.2. The topological polar surface area (TPSA) is 114 Å². The van der Waals surface area contributed by atoms with Crippen molar-refractivity contribution in [1.82, 2.24) is 85.5 Å². The smallest absolute Gasteiger partial charge is 0.206 e. The first-order valence-corrected chi connectivity index (χ1v) is 78.8. The minimum atomic E-state index is -1.30. The number of allylic oxidation sites excluding steroid dienone is 2. The summed E-state index contributed by atoms with van der Waals surface area (Å²) >= 11 is 0. The Balaban J connectivity index is 0.000000788. The largest absolute Gasteiger partial charge is 0.358 e. The molecule has 0 saturated carbocycles. The molecular weight excluding hydrogens is 1810 g/mol. The predicted molar refractivity (Wildman–Crippen MR) is 609 cm³/mol. The molecule has 32 heteroatoms. The van der Waals surface area contributed by atoms with Crippen LogP contribution >= 0.6 is 0 Å². The van der Waals surface area contributed by atoms with Crippen molar-refractivity contribution in [2.45, 2.75) is 484 Å². The average molecular weight is 2040 g/mol. The van der Waals surface area contributed by atoms with Crippen LogP contribution in [0.3, 0.4) is 0 Å². The second-order valence-corrected chi connectivity index (χ2v) is 95.2. The molecule has 0 aliphatic carbocycles. The highest BCUT2D eigenvalue weighted by Crippen LogP contribution is 2.42. The van der Waals surface area contributed by atoms with Crippen LogP contribution in [0.15, 0.2) is 85.8 Å². The number of ether oxygens (including phenoxy) is 6. The van der Waals surface area contributed by atoms with Crippen LogP contribution < -0.4 is 0 Å². The summed E-state index contributed by atoms with van der Waals surface area (Å²) in [5.74, 6) is -2.17. The SMILES string of the molecule is CC(C)N1C=CN(C)C1C(C)(OC(C)(C)C)OC(C)(C)C.CC(C)N1C=CN(C)C1CN([Si](C)(C)C)[Si](C)(C)C.CC1=C(C)N(C(C)C)C(CN([Si](C)(C)C)[Si](C)(C)C)N1C.CCN1C=CN(C)C1C(C)(OC(C)(C)C)OC(C)(C)C.CCN1C=CN(C)C1CN([Si](C)(C)C)[Si](C)(C)C.CN1C=CN(C)C1C(C)(OC(C)(C)C)OC(C)(C)C.CN1C=CN(C)C1CN([Si](C)(C)C)[Si](C)(C)C. The number of likely N-dealkylation sites (N-methyl/N-ethyl adjacent to an activating group) is 11. The molecular formula is C103H226N18O6Si8. The quantitative estimate of drug-likeness (QED) is 0.0501. The Labute approximate surface area is 846 Å². The lowest BCUT2D eigenvalue weighted by Crippen LogP contribution is -2.64. The van der Waals surface area contributed by atoms with Crippen LogP contribution in [0, 0.1) is 0 Å². The molecule has 24 nitrogen and oxygen atoms in total. The fraction of sp³-hybridized carbons (Fsp3) is 0.864. The van der Waals surface area contributed by atoms with Crippen LogP contribution in [0.5, 0.6) is 0 Å². The Morgan fingerprint density at radius 2 is 0.467 bits per heavy atom. The summed E-state index contributed by atoms with van der Waals surface area (Å²) in [5, 5.41) is 0. The molecule has 0 amide bonds. The summed E-state index contributed by atoms with van der Waals surface area (Å²) in [7, 11) is 9.12. The minimum absolute atomic E-state index is 0.0101. The third kappa shape index (κ3) is 41.4. The molecule has 7 aliphatic rings. The van der Waals surface area contributed by atoms with Crippen LogP contribution in [0.1, 0.15) is 215 Å². The monoisotopic (exact) mass is 2040 g/mol. The van der Waals surface area contributed by atoms with E-state index in [0.29, 0.717) is 42.8 Å². The van der Waals surface area contributed by atoms with Gasteiger partial charge in [-0.2, -0.15) is 0 Å². The van der Waals surface area contributed by atoms with Gasteiger partial charge in [0.2, 0.25) is 17.4 Å². The summed E-state index contributed by atoms with van der Waals surface area (Å²) in [5.41, 5.74) is 1.21. The Morgan fingerprint density at radius 3 is 0.763 bits per heavy atom. The van der Waals surface area contributed by atoms with Gasteiger partial charge in [0, 0.05) is 207 Å². The Bertz CT molecular complexity index is 3620. The molecule has 796 valence electrons. The third-order valence-corrected chi connectivity index (χ3v) is 55.3. The van der Waals surface area contributed by atoms with Crippen molar-refractivity contribution >= 4 is 65.9 Å². The molecule has 0 aromatic heterocycles. The van der Waals surface area contributed by atoms with Gasteiger partial charge in [0.15, 0.2) is 18.5 Å². The number of hydrogen-bond acceptors (Lipinski definition) is 24. The summed E-state index contributed by atoms with van der Waals surface area (Å²) in [6.45, 7) is 132. The second kappa shape index (κ2) is 48.6. The second-order valence-electron chi connectivity index (χ2n) is 54.3. The van der Waals surface area contributed by atoms with Crippen LogP contribution in [0.25, 0.3) is 0 Å². The van der Waals surface area contributed by atoms with E-state index in [1.807, 2.05) is 47.3 Å². The standard InChI is InChI=1S/C17H34N2O2.C16H37N3Si2.C16H32N2O2.C15H30N2O2.C14H33N3Si2.C13H31N3Si2.C12H29N3Si2/c1-13(2)19-12-11-18(10)14(19)17(9,20-15(3,4)5)21-16(6,7)8;1-13(2)19-15(4)14(3)17(5)16(19)12-18(20(6,7)8)21(9,10)11;1-10-18-12-11-17(9)13(18)16(8,19-14(2,3)4)20-15(5,6)7;1-13(2,3)18-15(7,19-14(4,5)6)12-16(8)10-11-17(12)9;1-13(2)16-11-10-15(3)14(16)12-17(18(4,5)6)19(7,8)9;1-9-15-11-10-14(2)13(15)12-16(17(3,4)5)18(6,7)8;1-13-9-10-14(2)12(13)11-15(16(3,4)5)17(6,7)8/h11-14H,1-10H3;13,16H,12H2,1-11H3;11-13H,10H2,1-9H3;10-12H,1-9H3;10-11,13-14H,12H2,1-9H3;10-11,13H,9,12H2,1-8H3;9-10,12H,11H2,1-8H3. The van der Waals surface area contributed by atoms with E-state index < -0.39 is 83.2 Å². The molecule has 5 unspecified atom stereocenters. The molecule has 7 rings (SSSR count). The van der Waals surface area contributed by atoms with Gasteiger partial charge in [-0.1, -0.05) is 157 Å². The number of rotatable bonds is 30.